The van der Waals surface area contributed by atoms with Crippen molar-refractivity contribution >= 4 is 11.6 Å². The van der Waals surface area contributed by atoms with Crippen LogP contribution in [0.1, 0.15) is 32.3 Å². The monoisotopic (exact) mass is 236 g/mol. The van der Waals surface area contributed by atoms with Crippen molar-refractivity contribution in [2.45, 2.75) is 33.1 Å². The quantitative estimate of drug-likeness (QED) is 0.712. The normalized spacial score (nSPS) is 10.6. The molecule has 0 spiro atoms. The highest BCUT2D eigenvalue weighted by Crippen LogP contribution is 2.10. The summed E-state index contributed by atoms with van der Waals surface area (Å²) < 4.78 is 13.3. The van der Waals surface area contributed by atoms with E-state index in [2.05, 4.69) is 0 Å². The molecule has 0 radical (unpaired) electrons. The lowest BCUT2D eigenvalue weighted by atomic mass is 10.00. The number of hydrogen-bond acceptors (Lipinski definition) is 2. The Labute approximate surface area is 101 Å². The molecule has 0 aromatic heterocycles. The van der Waals surface area contributed by atoms with Crippen LogP contribution in [-0.4, -0.2) is 11.6 Å². The summed E-state index contributed by atoms with van der Waals surface area (Å²) in [6.07, 6.45) is 0.312. The minimum Gasteiger partial charge on any atom is -0.299 e. The standard InChI is InChI=1S/C14H17FO2/c1-10(2)7-12(16)9-13(17)8-11-5-3-4-6-14(11)15/h3-6,10H,7-9H2,1-2H3. The minimum absolute atomic E-state index is 0.00346. The minimum atomic E-state index is -0.392. The molecule has 0 amide bonds. The van der Waals surface area contributed by atoms with Gasteiger partial charge in [0.2, 0.25) is 0 Å². The zero-order chi connectivity index (χ0) is 12.8. The molecule has 17 heavy (non-hydrogen) atoms. The van der Waals surface area contributed by atoms with Crippen LogP contribution in [0.25, 0.3) is 0 Å². The summed E-state index contributed by atoms with van der Waals surface area (Å²) in [5, 5.41) is 0. The van der Waals surface area contributed by atoms with Crippen molar-refractivity contribution < 1.29 is 14.0 Å². The van der Waals surface area contributed by atoms with Crippen molar-refractivity contribution in [3.63, 3.8) is 0 Å². The van der Waals surface area contributed by atoms with E-state index in [1.807, 2.05) is 13.8 Å². The molecule has 0 saturated carbocycles. The topological polar surface area (TPSA) is 34.1 Å². The van der Waals surface area contributed by atoms with Gasteiger partial charge >= 0.3 is 0 Å². The molecular formula is C14H17FO2. The van der Waals surface area contributed by atoms with E-state index in [4.69, 9.17) is 0 Å². The van der Waals surface area contributed by atoms with Crippen molar-refractivity contribution in [2.75, 3.05) is 0 Å². The lowest BCUT2D eigenvalue weighted by Gasteiger charge is -2.04. The van der Waals surface area contributed by atoms with Crippen LogP contribution < -0.4 is 0 Å². The fourth-order valence-corrected chi connectivity index (χ4v) is 1.66. The van der Waals surface area contributed by atoms with Crippen LogP contribution in [0.3, 0.4) is 0 Å². The molecule has 0 heterocycles. The summed E-state index contributed by atoms with van der Waals surface area (Å²) in [7, 11) is 0. The van der Waals surface area contributed by atoms with Gasteiger partial charge in [0, 0.05) is 12.8 Å². The predicted molar refractivity (Wildman–Crippen MR) is 64.2 cm³/mol. The Morgan fingerprint density at radius 1 is 1.18 bits per heavy atom. The Morgan fingerprint density at radius 3 is 2.41 bits per heavy atom. The molecule has 2 nitrogen and oxygen atoms in total. The number of ketones is 2. The fourth-order valence-electron chi connectivity index (χ4n) is 1.66. The molecule has 0 unspecified atom stereocenters. The van der Waals surface area contributed by atoms with E-state index in [0.29, 0.717) is 12.0 Å². The smallest absolute Gasteiger partial charge is 0.144 e. The predicted octanol–water partition coefficient (Wildman–Crippen LogP) is 2.94. The third kappa shape index (κ3) is 4.89. The van der Waals surface area contributed by atoms with Gasteiger partial charge in [0.15, 0.2) is 0 Å². The van der Waals surface area contributed by atoms with Gasteiger partial charge in [-0.15, -0.1) is 0 Å². The number of Topliss-reactive ketones (excluding diaryl/α,β-unsaturated/α-hetero) is 2. The van der Waals surface area contributed by atoms with E-state index >= 15 is 0 Å². The second-order valence-corrected chi connectivity index (χ2v) is 4.62. The molecule has 0 aliphatic heterocycles. The van der Waals surface area contributed by atoms with Gasteiger partial charge in [-0.1, -0.05) is 32.0 Å². The number of carbonyl (C=O) groups excluding carboxylic acids is 2. The van der Waals surface area contributed by atoms with Crippen molar-refractivity contribution in [2.24, 2.45) is 5.92 Å². The summed E-state index contributed by atoms with van der Waals surface area (Å²) in [6.45, 7) is 3.86. The first-order chi connectivity index (χ1) is 7.99. The van der Waals surface area contributed by atoms with Crippen LogP contribution in [0.2, 0.25) is 0 Å². The van der Waals surface area contributed by atoms with E-state index < -0.39 is 5.82 Å². The molecule has 92 valence electrons. The van der Waals surface area contributed by atoms with Crippen LogP contribution in [0.15, 0.2) is 24.3 Å². The SMILES string of the molecule is CC(C)CC(=O)CC(=O)Cc1ccccc1F. The van der Waals surface area contributed by atoms with Gasteiger partial charge in [-0.3, -0.25) is 9.59 Å². The Bertz CT molecular complexity index is 410. The lowest BCUT2D eigenvalue weighted by molar-refractivity contribution is -0.127. The third-order valence-electron chi connectivity index (χ3n) is 2.38. The first-order valence-corrected chi connectivity index (χ1v) is 5.76. The summed E-state index contributed by atoms with van der Waals surface area (Å²) in [5.74, 6) is -0.428. The largest absolute Gasteiger partial charge is 0.299 e. The molecule has 1 rings (SSSR count). The Balaban J connectivity index is 2.51. The second kappa shape index (κ2) is 6.28. The molecule has 0 fully saturated rings. The second-order valence-electron chi connectivity index (χ2n) is 4.62. The summed E-state index contributed by atoms with van der Waals surface area (Å²) in [6, 6.07) is 6.15. The van der Waals surface area contributed by atoms with Crippen molar-refractivity contribution in [1.29, 1.82) is 0 Å². The Kier molecular flexibility index (Phi) is 5.01. The summed E-state index contributed by atoms with van der Waals surface area (Å²) in [4.78, 5) is 23.0. The maximum absolute atomic E-state index is 13.3. The fraction of sp³-hybridized carbons (Fsp3) is 0.429. The maximum Gasteiger partial charge on any atom is 0.144 e. The molecule has 0 N–H and O–H groups in total. The summed E-state index contributed by atoms with van der Waals surface area (Å²) in [5.41, 5.74) is 0.356. The lowest BCUT2D eigenvalue weighted by Crippen LogP contribution is -2.12. The van der Waals surface area contributed by atoms with Crippen LogP contribution in [0.5, 0.6) is 0 Å². The van der Waals surface area contributed by atoms with E-state index in [-0.39, 0.29) is 30.3 Å². The van der Waals surface area contributed by atoms with Crippen molar-refractivity contribution in [3.05, 3.63) is 35.6 Å². The van der Waals surface area contributed by atoms with Gasteiger partial charge in [0.1, 0.15) is 17.4 Å². The number of carbonyl (C=O) groups is 2. The Hall–Kier alpha value is -1.51. The van der Waals surface area contributed by atoms with E-state index in [9.17, 15) is 14.0 Å². The molecule has 0 aliphatic rings. The van der Waals surface area contributed by atoms with Gasteiger partial charge in [0.25, 0.3) is 0 Å². The van der Waals surface area contributed by atoms with Crippen LogP contribution >= 0.6 is 0 Å². The highest BCUT2D eigenvalue weighted by atomic mass is 19.1. The zero-order valence-corrected chi connectivity index (χ0v) is 10.2. The number of benzene rings is 1. The van der Waals surface area contributed by atoms with E-state index in [0.717, 1.165) is 0 Å². The van der Waals surface area contributed by atoms with Crippen LogP contribution in [0, 0.1) is 11.7 Å². The average Bonchev–Trinajstić information content (AvgIpc) is 2.19. The van der Waals surface area contributed by atoms with Crippen molar-refractivity contribution in [1.82, 2.24) is 0 Å². The van der Waals surface area contributed by atoms with Crippen molar-refractivity contribution in [3.8, 4) is 0 Å². The number of rotatable bonds is 6. The van der Waals surface area contributed by atoms with Crippen LogP contribution in [-0.2, 0) is 16.0 Å². The first-order valence-electron chi connectivity index (χ1n) is 5.76. The van der Waals surface area contributed by atoms with E-state index in [1.54, 1.807) is 18.2 Å². The summed E-state index contributed by atoms with van der Waals surface area (Å²) >= 11 is 0. The first kappa shape index (κ1) is 13.6. The highest BCUT2D eigenvalue weighted by molar-refractivity contribution is 5.99. The Morgan fingerprint density at radius 2 is 1.82 bits per heavy atom. The molecule has 0 saturated heterocycles. The number of halogens is 1. The van der Waals surface area contributed by atoms with Gasteiger partial charge < -0.3 is 0 Å². The molecule has 0 aliphatic carbocycles. The van der Waals surface area contributed by atoms with Gasteiger partial charge in [0.05, 0.1) is 6.42 Å². The molecule has 0 atom stereocenters. The maximum atomic E-state index is 13.3. The highest BCUT2D eigenvalue weighted by Gasteiger charge is 2.13. The molecular weight excluding hydrogens is 219 g/mol. The molecule has 3 heteroatoms. The molecule has 1 aromatic rings. The zero-order valence-electron chi connectivity index (χ0n) is 10.2. The average molecular weight is 236 g/mol. The third-order valence-corrected chi connectivity index (χ3v) is 2.38. The van der Waals surface area contributed by atoms with Gasteiger partial charge in [-0.2, -0.15) is 0 Å². The van der Waals surface area contributed by atoms with E-state index in [1.165, 1.54) is 6.07 Å². The van der Waals surface area contributed by atoms with Gasteiger partial charge in [-0.25, -0.2) is 4.39 Å². The molecule has 0 bridgehead atoms. The van der Waals surface area contributed by atoms with Crippen LogP contribution in [0.4, 0.5) is 4.39 Å². The molecule has 1 aromatic carbocycles. The number of hydrogen-bond donors (Lipinski definition) is 0. The van der Waals surface area contributed by atoms with Gasteiger partial charge in [-0.05, 0) is 17.5 Å².